The molecule has 2 rings (SSSR count). The summed E-state index contributed by atoms with van der Waals surface area (Å²) in [7, 11) is 3.19. The summed E-state index contributed by atoms with van der Waals surface area (Å²) in [6.07, 6.45) is 6.49. The van der Waals surface area contributed by atoms with Gasteiger partial charge in [-0.25, -0.2) is 0 Å². The van der Waals surface area contributed by atoms with Gasteiger partial charge in [0.1, 0.15) is 0 Å². The summed E-state index contributed by atoms with van der Waals surface area (Å²) in [5.41, 5.74) is 0. The number of rotatable bonds is 0. The van der Waals surface area contributed by atoms with Gasteiger partial charge in [0.2, 0.25) is 0 Å². The molecule has 0 saturated heterocycles. The Hall–Kier alpha value is -0.0100. The van der Waals surface area contributed by atoms with Gasteiger partial charge in [0, 0.05) is 12.4 Å². The molecule has 0 aromatic rings. The van der Waals surface area contributed by atoms with E-state index in [-0.39, 0.29) is 0 Å². The summed E-state index contributed by atoms with van der Waals surface area (Å²) in [5, 5.41) is 8.47. The summed E-state index contributed by atoms with van der Waals surface area (Å²) in [6.45, 7) is 4.11. The van der Waals surface area contributed by atoms with Crippen LogP contribution in [0.5, 0.6) is 0 Å². The second-order valence-corrected chi connectivity index (χ2v) is 7.37. The zero-order valence-corrected chi connectivity index (χ0v) is 13.3. The van der Waals surface area contributed by atoms with Crippen LogP contribution in [-0.4, -0.2) is 50.4 Å². The minimum Gasteiger partial charge on any atom is -0.379 e. The Morgan fingerprint density at radius 1 is 1.00 bits per heavy atom. The van der Waals surface area contributed by atoms with Crippen LogP contribution in [0.1, 0.15) is 12.8 Å². The lowest BCUT2D eigenvalue weighted by Gasteiger charge is -2.07. The smallest absolute Gasteiger partial charge is 0.0972 e. The SMILES string of the molecule is N=C1/C=C\C2CC2CCOCCOCCOCCSS1. The van der Waals surface area contributed by atoms with Gasteiger partial charge in [-0.15, -0.1) is 0 Å². The van der Waals surface area contributed by atoms with Crippen molar-refractivity contribution in [3.05, 3.63) is 12.2 Å². The highest BCUT2D eigenvalue weighted by atomic mass is 33.1. The second kappa shape index (κ2) is 9.84. The van der Waals surface area contributed by atoms with Crippen molar-refractivity contribution < 1.29 is 14.2 Å². The van der Waals surface area contributed by atoms with Crippen LogP contribution in [-0.2, 0) is 14.2 Å². The standard InChI is InChI=1S/C14H23NO3S2/c15-14-2-1-12-11-13(12)3-4-16-5-6-17-7-8-18-9-10-19-20-14/h1-2,12-13,15H,3-11H2/b2-1-,15-14?. The highest BCUT2D eigenvalue weighted by Crippen LogP contribution is 2.42. The van der Waals surface area contributed by atoms with Crippen molar-refractivity contribution in [3.8, 4) is 0 Å². The predicted octanol–water partition coefficient (Wildman–Crippen LogP) is 2.99. The molecule has 1 aliphatic carbocycles. The molecule has 1 fully saturated rings. The van der Waals surface area contributed by atoms with Crippen LogP contribution in [0.15, 0.2) is 12.2 Å². The molecule has 20 heavy (non-hydrogen) atoms. The van der Waals surface area contributed by atoms with Crippen molar-refractivity contribution >= 4 is 26.6 Å². The van der Waals surface area contributed by atoms with Crippen LogP contribution >= 0.6 is 21.6 Å². The maximum Gasteiger partial charge on any atom is 0.0972 e. The fourth-order valence-corrected chi connectivity index (χ4v) is 3.58. The normalized spacial score (nSPS) is 32.7. The van der Waals surface area contributed by atoms with Crippen molar-refractivity contribution in [1.82, 2.24) is 0 Å². The van der Waals surface area contributed by atoms with E-state index in [4.69, 9.17) is 19.6 Å². The molecule has 2 aliphatic rings. The topological polar surface area (TPSA) is 51.5 Å². The van der Waals surface area contributed by atoms with Gasteiger partial charge < -0.3 is 14.2 Å². The van der Waals surface area contributed by atoms with Crippen molar-refractivity contribution in [2.45, 2.75) is 12.8 Å². The molecule has 6 heteroatoms. The largest absolute Gasteiger partial charge is 0.379 e. The lowest BCUT2D eigenvalue weighted by Crippen LogP contribution is -2.11. The van der Waals surface area contributed by atoms with Gasteiger partial charge in [-0.1, -0.05) is 16.9 Å². The first-order valence-corrected chi connectivity index (χ1v) is 9.47. The number of hydrogen-bond acceptors (Lipinski definition) is 6. The maximum absolute atomic E-state index is 7.84. The molecule has 2 atom stereocenters. The molecule has 4 nitrogen and oxygen atoms in total. The van der Waals surface area contributed by atoms with Crippen molar-refractivity contribution in [3.63, 3.8) is 0 Å². The van der Waals surface area contributed by atoms with E-state index in [1.807, 2.05) is 6.08 Å². The lowest BCUT2D eigenvalue weighted by molar-refractivity contribution is 0.0162. The average molecular weight is 317 g/mol. The summed E-state index contributed by atoms with van der Waals surface area (Å²) in [4.78, 5) is 0. The molecule has 2 unspecified atom stereocenters. The minimum absolute atomic E-state index is 0.626. The molecule has 0 aromatic carbocycles. The molecule has 0 spiro atoms. The van der Waals surface area contributed by atoms with E-state index in [9.17, 15) is 0 Å². The van der Waals surface area contributed by atoms with Crippen molar-refractivity contribution in [2.75, 3.05) is 45.4 Å². The molecular weight excluding hydrogens is 294 g/mol. The third-order valence-corrected chi connectivity index (χ3v) is 5.47. The summed E-state index contributed by atoms with van der Waals surface area (Å²) < 4.78 is 16.4. The Morgan fingerprint density at radius 2 is 1.70 bits per heavy atom. The third kappa shape index (κ3) is 7.13. The molecule has 0 bridgehead atoms. The van der Waals surface area contributed by atoms with Gasteiger partial charge in [-0.3, -0.25) is 5.41 Å². The minimum atomic E-state index is 0.626. The van der Waals surface area contributed by atoms with E-state index in [1.165, 1.54) is 17.2 Å². The molecule has 114 valence electrons. The Kier molecular flexibility index (Phi) is 8.05. The van der Waals surface area contributed by atoms with Gasteiger partial charge >= 0.3 is 0 Å². The number of hydrogen-bond donors (Lipinski definition) is 1. The Labute approximate surface area is 128 Å². The van der Waals surface area contributed by atoms with E-state index in [2.05, 4.69) is 6.08 Å². The molecular formula is C14H23NO3S2. The highest BCUT2D eigenvalue weighted by molar-refractivity contribution is 8.82. The van der Waals surface area contributed by atoms with Gasteiger partial charge in [0.15, 0.2) is 0 Å². The molecule has 0 aromatic heterocycles. The van der Waals surface area contributed by atoms with E-state index < -0.39 is 0 Å². The monoisotopic (exact) mass is 317 g/mol. The van der Waals surface area contributed by atoms with Gasteiger partial charge in [-0.05, 0) is 41.5 Å². The van der Waals surface area contributed by atoms with E-state index in [0.717, 1.165) is 24.7 Å². The predicted molar refractivity (Wildman–Crippen MR) is 85.6 cm³/mol. The molecule has 1 N–H and O–H groups in total. The molecule has 1 saturated carbocycles. The first-order valence-electron chi connectivity index (χ1n) is 7.15. The molecule has 0 radical (unpaired) electrons. The van der Waals surface area contributed by atoms with Crippen LogP contribution in [0.3, 0.4) is 0 Å². The van der Waals surface area contributed by atoms with E-state index in [0.29, 0.717) is 44.0 Å². The van der Waals surface area contributed by atoms with E-state index >= 15 is 0 Å². The number of fused-ring (bicyclic) bond motifs is 1. The number of nitrogens with one attached hydrogen (secondary N) is 1. The van der Waals surface area contributed by atoms with Gasteiger partial charge in [-0.2, -0.15) is 0 Å². The van der Waals surface area contributed by atoms with Crippen LogP contribution in [0.25, 0.3) is 0 Å². The van der Waals surface area contributed by atoms with Crippen LogP contribution in [0.4, 0.5) is 0 Å². The average Bonchev–Trinajstić information content (AvgIpc) is 3.19. The maximum atomic E-state index is 7.84. The van der Waals surface area contributed by atoms with Crippen LogP contribution in [0, 0.1) is 17.2 Å². The Morgan fingerprint density at radius 3 is 2.50 bits per heavy atom. The summed E-state index contributed by atoms with van der Waals surface area (Å²) >= 11 is 0. The van der Waals surface area contributed by atoms with Gasteiger partial charge in [0.25, 0.3) is 0 Å². The Bertz CT molecular complexity index is 326. The highest BCUT2D eigenvalue weighted by Gasteiger charge is 2.33. The summed E-state index contributed by atoms with van der Waals surface area (Å²) in [5.74, 6) is 2.31. The Balaban J connectivity index is 1.68. The fourth-order valence-electron chi connectivity index (χ4n) is 2.05. The van der Waals surface area contributed by atoms with E-state index in [1.54, 1.807) is 10.8 Å². The van der Waals surface area contributed by atoms with Crippen molar-refractivity contribution in [2.24, 2.45) is 11.8 Å². The van der Waals surface area contributed by atoms with Crippen LogP contribution in [0.2, 0.25) is 0 Å². The van der Waals surface area contributed by atoms with Gasteiger partial charge in [0.05, 0.1) is 38.1 Å². The fraction of sp³-hybridized carbons (Fsp3) is 0.786. The molecule has 0 amide bonds. The van der Waals surface area contributed by atoms with Crippen molar-refractivity contribution in [1.29, 1.82) is 5.41 Å². The third-order valence-electron chi connectivity index (χ3n) is 3.31. The zero-order valence-electron chi connectivity index (χ0n) is 11.7. The zero-order chi connectivity index (χ0) is 14.0. The second-order valence-electron chi connectivity index (χ2n) is 4.91. The first kappa shape index (κ1) is 16.4. The quantitative estimate of drug-likeness (QED) is 0.696. The van der Waals surface area contributed by atoms with Crippen LogP contribution < -0.4 is 0 Å². The molecule has 1 aliphatic heterocycles. The lowest BCUT2D eigenvalue weighted by atomic mass is 10.2. The summed E-state index contributed by atoms with van der Waals surface area (Å²) in [6, 6.07) is 0. The number of allylic oxidation sites excluding steroid dienone is 1. The number of ether oxygens (including phenoxy) is 3. The molecule has 1 heterocycles. The first-order chi connectivity index (χ1) is 9.86.